The molecule has 1 heterocycles. The minimum absolute atomic E-state index is 0.0486. The van der Waals surface area contributed by atoms with Crippen LogP contribution in [0, 0.1) is 0 Å². The van der Waals surface area contributed by atoms with Crippen molar-refractivity contribution in [1.82, 2.24) is 9.88 Å². The van der Waals surface area contributed by atoms with E-state index in [1.807, 2.05) is 0 Å². The Balaban J connectivity index is 2.34. The van der Waals surface area contributed by atoms with Crippen LogP contribution in [-0.4, -0.2) is 45.6 Å². The maximum absolute atomic E-state index is 11.9. The van der Waals surface area contributed by atoms with Crippen molar-refractivity contribution in [3.05, 3.63) is 30.0 Å². The Morgan fingerprint density at radius 3 is 2.72 bits per heavy atom. The lowest BCUT2D eigenvalue weighted by molar-refractivity contribution is -0.137. The molecule has 6 heteroatoms. The van der Waals surface area contributed by atoms with E-state index in [4.69, 9.17) is 5.11 Å². The van der Waals surface area contributed by atoms with Crippen LogP contribution in [0.2, 0.25) is 0 Å². The van der Waals surface area contributed by atoms with E-state index in [9.17, 15) is 14.7 Å². The van der Waals surface area contributed by atoms with Gasteiger partial charge in [-0.1, -0.05) is 12.1 Å². The van der Waals surface area contributed by atoms with Crippen molar-refractivity contribution in [3.63, 3.8) is 0 Å². The van der Waals surface area contributed by atoms with Crippen molar-refractivity contribution < 1.29 is 19.8 Å². The number of aromatic hydroxyl groups is 1. The highest BCUT2D eigenvalue weighted by Crippen LogP contribution is 2.24. The topological polar surface area (TPSA) is 93.6 Å². The number of para-hydroxylation sites is 1. The van der Waals surface area contributed by atoms with Crippen molar-refractivity contribution in [1.29, 1.82) is 0 Å². The zero-order valence-electron chi connectivity index (χ0n) is 9.67. The van der Waals surface area contributed by atoms with Crippen LogP contribution >= 0.6 is 0 Å². The molecule has 0 unspecified atom stereocenters. The van der Waals surface area contributed by atoms with Gasteiger partial charge in [-0.15, -0.1) is 0 Å². The average molecular weight is 248 g/mol. The molecule has 0 aliphatic heterocycles. The van der Waals surface area contributed by atoms with E-state index < -0.39 is 11.9 Å². The molecule has 2 rings (SSSR count). The van der Waals surface area contributed by atoms with Gasteiger partial charge in [0.2, 0.25) is 0 Å². The second-order valence-corrected chi connectivity index (χ2v) is 3.98. The molecule has 18 heavy (non-hydrogen) atoms. The molecule has 94 valence electrons. The van der Waals surface area contributed by atoms with E-state index in [2.05, 4.69) is 4.98 Å². The van der Waals surface area contributed by atoms with Gasteiger partial charge in [0.25, 0.3) is 5.91 Å². The number of phenolic OH excluding ortho intramolecular Hbond substituents is 1. The van der Waals surface area contributed by atoms with Crippen LogP contribution in [0.1, 0.15) is 10.5 Å². The number of H-pyrrole nitrogens is 1. The molecule has 1 aromatic heterocycles. The summed E-state index contributed by atoms with van der Waals surface area (Å²) in [5.74, 6) is -1.47. The Hall–Kier alpha value is -2.50. The van der Waals surface area contributed by atoms with Gasteiger partial charge < -0.3 is 20.1 Å². The van der Waals surface area contributed by atoms with Gasteiger partial charge in [-0.2, -0.15) is 0 Å². The fourth-order valence-corrected chi connectivity index (χ4v) is 1.74. The second-order valence-electron chi connectivity index (χ2n) is 3.98. The van der Waals surface area contributed by atoms with Crippen molar-refractivity contribution in [2.45, 2.75) is 0 Å². The molecule has 2 aromatic rings. The minimum Gasteiger partial charge on any atom is -0.506 e. The van der Waals surface area contributed by atoms with Crippen molar-refractivity contribution in [2.75, 3.05) is 13.6 Å². The predicted molar refractivity (Wildman–Crippen MR) is 64.6 cm³/mol. The summed E-state index contributed by atoms with van der Waals surface area (Å²) in [6.07, 6.45) is 0. The molecule has 0 radical (unpaired) electrons. The number of carbonyl (C=O) groups is 2. The molecule has 0 atom stereocenters. The van der Waals surface area contributed by atoms with E-state index in [0.29, 0.717) is 10.9 Å². The fraction of sp³-hybridized carbons (Fsp3) is 0.167. The standard InChI is InChI=1S/C12H12N2O4/c1-14(6-10(16)17)12(18)8-5-7-3-2-4-9(15)11(7)13-8/h2-5,13,15H,6H2,1H3,(H,16,17). The van der Waals surface area contributed by atoms with Crippen LogP contribution in [0.5, 0.6) is 5.75 Å². The van der Waals surface area contributed by atoms with E-state index in [-0.39, 0.29) is 18.0 Å². The van der Waals surface area contributed by atoms with Crippen LogP contribution in [0.15, 0.2) is 24.3 Å². The van der Waals surface area contributed by atoms with Crippen molar-refractivity contribution >= 4 is 22.8 Å². The summed E-state index contributed by atoms with van der Waals surface area (Å²) in [5, 5.41) is 18.9. The molecule has 0 bridgehead atoms. The third-order valence-electron chi connectivity index (χ3n) is 2.58. The zero-order chi connectivity index (χ0) is 13.3. The molecule has 1 aromatic carbocycles. The number of aliphatic carboxylic acids is 1. The van der Waals surface area contributed by atoms with Gasteiger partial charge in [0.05, 0.1) is 5.52 Å². The summed E-state index contributed by atoms with van der Waals surface area (Å²) in [6.45, 7) is -0.375. The minimum atomic E-state index is -1.08. The Morgan fingerprint density at radius 1 is 1.39 bits per heavy atom. The van der Waals surface area contributed by atoms with Crippen LogP contribution in [0.25, 0.3) is 10.9 Å². The normalized spacial score (nSPS) is 10.5. The number of carboxylic acids is 1. The fourth-order valence-electron chi connectivity index (χ4n) is 1.74. The Bertz CT molecular complexity index is 618. The number of carbonyl (C=O) groups excluding carboxylic acids is 1. The highest BCUT2D eigenvalue weighted by Gasteiger charge is 2.17. The molecular formula is C12H12N2O4. The number of benzene rings is 1. The third-order valence-corrected chi connectivity index (χ3v) is 2.58. The van der Waals surface area contributed by atoms with Crippen LogP contribution in [0.4, 0.5) is 0 Å². The molecule has 0 saturated carbocycles. The number of hydrogen-bond acceptors (Lipinski definition) is 3. The van der Waals surface area contributed by atoms with E-state index in [1.54, 1.807) is 18.2 Å². The highest BCUT2D eigenvalue weighted by atomic mass is 16.4. The Kier molecular flexibility index (Phi) is 2.93. The summed E-state index contributed by atoms with van der Waals surface area (Å²) in [4.78, 5) is 26.3. The molecule has 0 spiro atoms. The zero-order valence-corrected chi connectivity index (χ0v) is 9.67. The summed E-state index contributed by atoms with van der Waals surface area (Å²) < 4.78 is 0. The lowest BCUT2D eigenvalue weighted by Crippen LogP contribution is -2.32. The van der Waals surface area contributed by atoms with Gasteiger partial charge >= 0.3 is 5.97 Å². The molecular weight excluding hydrogens is 236 g/mol. The summed E-state index contributed by atoms with van der Waals surface area (Å²) in [6, 6.07) is 6.50. The van der Waals surface area contributed by atoms with Gasteiger partial charge in [0.15, 0.2) is 0 Å². The second kappa shape index (κ2) is 4.40. The molecule has 0 aliphatic rings. The highest BCUT2D eigenvalue weighted by molar-refractivity contribution is 6.00. The number of nitrogens with one attached hydrogen (secondary N) is 1. The number of rotatable bonds is 3. The quantitative estimate of drug-likeness (QED) is 0.756. The Morgan fingerprint density at radius 2 is 2.11 bits per heavy atom. The van der Waals surface area contributed by atoms with Crippen molar-refractivity contribution in [2.24, 2.45) is 0 Å². The average Bonchev–Trinajstić information content (AvgIpc) is 2.72. The van der Waals surface area contributed by atoms with E-state index in [1.165, 1.54) is 13.1 Å². The number of aromatic amines is 1. The third kappa shape index (κ3) is 2.13. The SMILES string of the molecule is CN(CC(=O)O)C(=O)c1cc2cccc(O)c2[nH]1. The monoisotopic (exact) mass is 248 g/mol. The molecule has 1 amide bonds. The number of aromatic nitrogens is 1. The predicted octanol–water partition coefficient (Wildman–Crippen LogP) is 1.03. The van der Waals surface area contributed by atoms with Crippen LogP contribution in [-0.2, 0) is 4.79 Å². The molecule has 6 nitrogen and oxygen atoms in total. The van der Waals surface area contributed by atoms with Crippen molar-refractivity contribution in [3.8, 4) is 5.75 Å². The van der Waals surface area contributed by atoms with Gasteiger partial charge in [-0.25, -0.2) is 0 Å². The van der Waals surface area contributed by atoms with Gasteiger partial charge in [0, 0.05) is 12.4 Å². The lowest BCUT2D eigenvalue weighted by Gasteiger charge is -2.12. The smallest absolute Gasteiger partial charge is 0.323 e. The number of amides is 1. The number of fused-ring (bicyclic) bond motifs is 1. The molecule has 0 aliphatic carbocycles. The van der Waals surface area contributed by atoms with Gasteiger partial charge in [-0.05, 0) is 12.1 Å². The first-order chi connectivity index (χ1) is 8.49. The van der Waals surface area contributed by atoms with Gasteiger partial charge in [-0.3, -0.25) is 9.59 Å². The summed E-state index contributed by atoms with van der Waals surface area (Å²) in [7, 11) is 1.40. The first-order valence-electron chi connectivity index (χ1n) is 5.27. The van der Waals surface area contributed by atoms with Crippen LogP contribution in [0.3, 0.4) is 0 Å². The molecule has 0 fully saturated rings. The molecule has 0 saturated heterocycles. The number of carboxylic acid groups (broad SMARTS) is 1. The Labute approximate surface area is 102 Å². The lowest BCUT2D eigenvalue weighted by atomic mass is 10.2. The molecule has 3 N–H and O–H groups in total. The number of likely N-dealkylation sites (N-methyl/N-ethyl adjacent to an activating group) is 1. The number of phenols is 1. The first kappa shape index (κ1) is 12.0. The maximum Gasteiger partial charge on any atom is 0.323 e. The first-order valence-corrected chi connectivity index (χ1v) is 5.27. The van der Waals surface area contributed by atoms with Crippen LogP contribution < -0.4 is 0 Å². The maximum atomic E-state index is 11.9. The largest absolute Gasteiger partial charge is 0.506 e. The summed E-state index contributed by atoms with van der Waals surface area (Å²) >= 11 is 0. The van der Waals surface area contributed by atoms with Gasteiger partial charge in [0.1, 0.15) is 18.0 Å². The number of nitrogens with zero attached hydrogens (tertiary/aromatic N) is 1. The van der Waals surface area contributed by atoms with E-state index in [0.717, 1.165) is 4.90 Å². The number of hydrogen-bond donors (Lipinski definition) is 3. The van der Waals surface area contributed by atoms with E-state index >= 15 is 0 Å². The summed E-state index contributed by atoms with van der Waals surface area (Å²) in [5.41, 5.74) is 0.708.